The first-order chi connectivity index (χ1) is 4.47. The van der Waals surface area contributed by atoms with Gasteiger partial charge in [-0.05, 0) is 12.8 Å². The van der Waals surface area contributed by atoms with Crippen LogP contribution in [-0.4, -0.2) is 19.5 Å². The molecule has 0 aliphatic carbocycles. The SMILES string of the molecule is [C]1CO[C@@H]2OCCC[C@H]12. The first kappa shape index (κ1) is 5.69. The molecule has 2 radical (unpaired) electrons. The molecule has 2 atom stereocenters. The highest BCUT2D eigenvalue weighted by molar-refractivity contribution is 4.86. The van der Waals surface area contributed by atoms with Crippen LogP contribution in [0.2, 0.25) is 0 Å². The fourth-order valence-corrected chi connectivity index (χ4v) is 1.35. The van der Waals surface area contributed by atoms with Crippen molar-refractivity contribution in [2.45, 2.75) is 19.1 Å². The van der Waals surface area contributed by atoms with E-state index in [-0.39, 0.29) is 6.29 Å². The zero-order valence-electron chi connectivity index (χ0n) is 5.30. The minimum Gasteiger partial charge on any atom is -0.352 e. The summed E-state index contributed by atoms with van der Waals surface area (Å²) in [6.45, 7) is 1.53. The van der Waals surface area contributed by atoms with E-state index in [4.69, 9.17) is 9.47 Å². The summed E-state index contributed by atoms with van der Waals surface area (Å²) in [5.41, 5.74) is 0. The van der Waals surface area contributed by atoms with Crippen LogP contribution in [0.4, 0.5) is 0 Å². The second-order valence-corrected chi connectivity index (χ2v) is 2.50. The van der Waals surface area contributed by atoms with Crippen LogP contribution >= 0.6 is 0 Å². The topological polar surface area (TPSA) is 18.5 Å². The van der Waals surface area contributed by atoms with Crippen molar-refractivity contribution in [2.75, 3.05) is 13.2 Å². The molecule has 9 heavy (non-hydrogen) atoms. The first-order valence-electron chi connectivity index (χ1n) is 3.43. The Morgan fingerprint density at radius 2 is 2.33 bits per heavy atom. The number of fused-ring (bicyclic) bond motifs is 1. The average molecular weight is 126 g/mol. The van der Waals surface area contributed by atoms with Crippen LogP contribution in [0.5, 0.6) is 0 Å². The van der Waals surface area contributed by atoms with E-state index in [0.29, 0.717) is 12.5 Å². The predicted octanol–water partition coefficient (Wildman–Crippen LogP) is 0.851. The molecule has 2 heteroatoms. The highest BCUT2D eigenvalue weighted by Gasteiger charge is 2.31. The summed E-state index contributed by atoms with van der Waals surface area (Å²) in [4.78, 5) is 0. The highest BCUT2D eigenvalue weighted by Crippen LogP contribution is 2.28. The Kier molecular flexibility index (Phi) is 1.44. The van der Waals surface area contributed by atoms with Crippen LogP contribution in [0.1, 0.15) is 12.8 Å². The molecule has 2 heterocycles. The van der Waals surface area contributed by atoms with Crippen LogP contribution in [-0.2, 0) is 9.47 Å². The Morgan fingerprint density at radius 1 is 1.33 bits per heavy atom. The van der Waals surface area contributed by atoms with Gasteiger partial charge in [0, 0.05) is 18.9 Å². The predicted molar refractivity (Wildman–Crippen MR) is 31.7 cm³/mol. The van der Waals surface area contributed by atoms with Crippen molar-refractivity contribution in [1.82, 2.24) is 0 Å². The molecule has 2 fully saturated rings. The van der Waals surface area contributed by atoms with Gasteiger partial charge in [-0.3, -0.25) is 0 Å². The number of hydrogen-bond donors (Lipinski definition) is 0. The Balaban J connectivity index is 1.97. The molecule has 0 spiro atoms. The molecule has 50 valence electrons. The third-order valence-electron chi connectivity index (χ3n) is 1.86. The molecule has 0 aromatic rings. The Morgan fingerprint density at radius 3 is 3.22 bits per heavy atom. The van der Waals surface area contributed by atoms with Gasteiger partial charge < -0.3 is 9.47 Å². The van der Waals surface area contributed by atoms with Crippen molar-refractivity contribution in [1.29, 1.82) is 0 Å². The van der Waals surface area contributed by atoms with Crippen LogP contribution in [0.3, 0.4) is 0 Å². The van der Waals surface area contributed by atoms with Gasteiger partial charge in [-0.15, -0.1) is 0 Å². The minimum absolute atomic E-state index is 0.0544. The fraction of sp³-hybridized carbons (Fsp3) is 0.857. The van der Waals surface area contributed by atoms with E-state index in [1.807, 2.05) is 0 Å². The average Bonchev–Trinajstić information content (AvgIpc) is 2.33. The summed E-state index contributed by atoms with van der Waals surface area (Å²) >= 11 is 0. The second-order valence-electron chi connectivity index (χ2n) is 2.50. The van der Waals surface area contributed by atoms with Gasteiger partial charge in [0.05, 0.1) is 6.61 Å². The van der Waals surface area contributed by atoms with Crippen molar-refractivity contribution in [2.24, 2.45) is 5.92 Å². The summed E-state index contributed by atoms with van der Waals surface area (Å²) in [5, 5.41) is 0. The summed E-state index contributed by atoms with van der Waals surface area (Å²) in [5.74, 6) is 0.471. The van der Waals surface area contributed by atoms with Gasteiger partial charge in [0.1, 0.15) is 0 Å². The third kappa shape index (κ3) is 0.970. The lowest BCUT2D eigenvalue weighted by atomic mass is 10.00. The molecule has 0 bridgehead atoms. The maximum Gasteiger partial charge on any atom is 0.161 e. The lowest BCUT2D eigenvalue weighted by Gasteiger charge is -2.23. The van der Waals surface area contributed by atoms with Crippen LogP contribution in [0, 0.1) is 12.3 Å². The van der Waals surface area contributed by atoms with Gasteiger partial charge in [0.25, 0.3) is 0 Å². The summed E-state index contributed by atoms with van der Waals surface area (Å²) in [7, 11) is 0. The first-order valence-corrected chi connectivity index (χ1v) is 3.43. The molecule has 0 N–H and O–H groups in total. The number of rotatable bonds is 0. The molecule has 2 rings (SSSR count). The monoisotopic (exact) mass is 126 g/mol. The Hall–Kier alpha value is -0.0800. The molecule has 0 saturated carbocycles. The lowest BCUT2D eigenvalue weighted by Crippen LogP contribution is -2.25. The van der Waals surface area contributed by atoms with Gasteiger partial charge >= 0.3 is 0 Å². The molecule has 2 aliphatic rings. The number of hydrogen-bond acceptors (Lipinski definition) is 2. The van der Waals surface area contributed by atoms with E-state index in [9.17, 15) is 0 Å². The number of ether oxygens (including phenoxy) is 2. The molecular formula is C7H10O2. The van der Waals surface area contributed by atoms with E-state index in [1.165, 1.54) is 6.42 Å². The zero-order chi connectivity index (χ0) is 6.10. The van der Waals surface area contributed by atoms with Crippen LogP contribution in [0.15, 0.2) is 0 Å². The maximum absolute atomic E-state index is 5.32. The molecule has 0 aromatic heterocycles. The minimum atomic E-state index is 0.0544. The van der Waals surface area contributed by atoms with Gasteiger partial charge in [-0.1, -0.05) is 0 Å². The van der Waals surface area contributed by atoms with E-state index in [0.717, 1.165) is 13.0 Å². The van der Waals surface area contributed by atoms with E-state index in [1.54, 1.807) is 0 Å². The fourth-order valence-electron chi connectivity index (χ4n) is 1.35. The van der Waals surface area contributed by atoms with E-state index < -0.39 is 0 Å². The Labute approximate surface area is 55.1 Å². The van der Waals surface area contributed by atoms with Crippen LogP contribution in [0.25, 0.3) is 0 Å². The molecule has 0 aromatic carbocycles. The van der Waals surface area contributed by atoms with Crippen molar-refractivity contribution in [3.8, 4) is 0 Å². The zero-order valence-corrected chi connectivity index (χ0v) is 5.30. The van der Waals surface area contributed by atoms with Crippen molar-refractivity contribution < 1.29 is 9.47 Å². The third-order valence-corrected chi connectivity index (χ3v) is 1.86. The molecule has 2 saturated heterocycles. The quantitative estimate of drug-likeness (QED) is 0.479. The van der Waals surface area contributed by atoms with Crippen molar-refractivity contribution >= 4 is 0 Å². The standard InChI is InChI=1S/C7H10O2/c1-2-6-3-5-9-7(6)8-4-1/h6-7H,1-2,4-5H2/t6-,7+/m1/s1. The molecule has 2 nitrogen and oxygen atoms in total. The molecule has 0 unspecified atom stereocenters. The van der Waals surface area contributed by atoms with Gasteiger partial charge in [0.15, 0.2) is 6.29 Å². The summed E-state index contributed by atoms with van der Waals surface area (Å²) in [6.07, 6.45) is 5.63. The van der Waals surface area contributed by atoms with E-state index >= 15 is 0 Å². The normalized spacial score (nSPS) is 42.7. The van der Waals surface area contributed by atoms with Crippen LogP contribution < -0.4 is 0 Å². The van der Waals surface area contributed by atoms with Gasteiger partial charge in [-0.25, -0.2) is 0 Å². The lowest BCUT2D eigenvalue weighted by molar-refractivity contribution is -0.150. The largest absolute Gasteiger partial charge is 0.352 e. The summed E-state index contributed by atoms with van der Waals surface area (Å²) in [6, 6.07) is 0. The highest BCUT2D eigenvalue weighted by atomic mass is 16.7. The van der Waals surface area contributed by atoms with Crippen molar-refractivity contribution in [3.05, 3.63) is 6.42 Å². The maximum atomic E-state index is 5.32. The van der Waals surface area contributed by atoms with Crippen molar-refractivity contribution in [3.63, 3.8) is 0 Å². The van der Waals surface area contributed by atoms with Gasteiger partial charge in [-0.2, -0.15) is 0 Å². The molecule has 2 aliphatic heterocycles. The second kappa shape index (κ2) is 2.27. The molecular weight excluding hydrogens is 116 g/mol. The van der Waals surface area contributed by atoms with E-state index in [2.05, 4.69) is 6.42 Å². The molecule has 0 amide bonds. The van der Waals surface area contributed by atoms with Gasteiger partial charge in [0.2, 0.25) is 0 Å². The Bertz CT molecular complexity index is 91.1. The smallest absolute Gasteiger partial charge is 0.161 e. The summed E-state index contributed by atoms with van der Waals surface area (Å²) < 4.78 is 10.5.